The highest BCUT2D eigenvalue weighted by atomic mass is 35.5. The number of carbonyl (C=O) groups is 1. The minimum absolute atomic E-state index is 0.0458. The molecule has 0 spiro atoms. The van der Waals surface area contributed by atoms with Crippen LogP contribution in [0.1, 0.15) is 44.1 Å². The summed E-state index contributed by atoms with van der Waals surface area (Å²) in [4.78, 5) is 12.6. The molecule has 0 radical (unpaired) electrons. The molecule has 1 aliphatic heterocycles. The summed E-state index contributed by atoms with van der Waals surface area (Å²) in [7, 11) is 0. The Labute approximate surface area is 199 Å². The van der Waals surface area contributed by atoms with E-state index in [9.17, 15) is 9.90 Å². The Bertz CT molecular complexity index is 913. The topological polar surface area (TPSA) is 67.8 Å². The summed E-state index contributed by atoms with van der Waals surface area (Å²) in [6, 6.07) is 12.8. The van der Waals surface area contributed by atoms with Gasteiger partial charge in [-0.05, 0) is 92.5 Å². The first-order valence-corrected chi connectivity index (χ1v) is 12.0. The lowest BCUT2D eigenvalue weighted by Crippen LogP contribution is -2.44. The molecule has 7 heteroatoms. The van der Waals surface area contributed by atoms with Crippen molar-refractivity contribution in [3.05, 3.63) is 58.1 Å². The number of benzene rings is 2. The van der Waals surface area contributed by atoms with Crippen LogP contribution < -0.4 is 14.8 Å². The van der Waals surface area contributed by atoms with Gasteiger partial charge < -0.3 is 19.9 Å². The van der Waals surface area contributed by atoms with Crippen molar-refractivity contribution in [3.63, 3.8) is 0 Å². The van der Waals surface area contributed by atoms with E-state index in [0.29, 0.717) is 34.6 Å². The Hall–Kier alpha value is -1.95. The van der Waals surface area contributed by atoms with Crippen molar-refractivity contribution in [2.45, 2.75) is 63.2 Å². The number of nitrogens with one attached hydrogen (secondary N) is 1. The third kappa shape index (κ3) is 6.31. The van der Waals surface area contributed by atoms with Crippen molar-refractivity contribution < 1.29 is 19.4 Å². The lowest BCUT2D eigenvalue weighted by molar-refractivity contribution is -0.128. The van der Waals surface area contributed by atoms with Crippen molar-refractivity contribution in [2.75, 3.05) is 6.61 Å². The van der Waals surface area contributed by atoms with Crippen molar-refractivity contribution >= 4 is 29.1 Å². The molecule has 1 saturated carbocycles. The lowest BCUT2D eigenvalue weighted by Gasteiger charge is -2.30. The minimum Gasteiger partial charge on any atom is -0.491 e. The minimum atomic E-state index is -0.488. The van der Waals surface area contributed by atoms with Gasteiger partial charge in [0.05, 0.1) is 6.10 Å². The van der Waals surface area contributed by atoms with Gasteiger partial charge in [-0.25, -0.2) is 0 Å². The van der Waals surface area contributed by atoms with Crippen LogP contribution >= 0.6 is 23.2 Å². The fourth-order valence-corrected chi connectivity index (χ4v) is 4.81. The number of hydrogen-bond donors (Lipinski definition) is 2. The molecule has 2 aliphatic rings. The van der Waals surface area contributed by atoms with Crippen LogP contribution in [0, 0.1) is 5.92 Å². The molecule has 2 unspecified atom stereocenters. The summed E-state index contributed by atoms with van der Waals surface area (Å²) in [5.41, 5.74) is 0.986. The second-order valence-electron chi connectivity index (χ2n) is 8.78. The highest BCUT2D eigenvalue weighted by Crippen LogP contribution is 2.32. The molecule has 0 aromatic heterocycles. The normalized spacial score (nSPS) is 23.2. The molecule has 32 heavy (non-hydrogen) atoms. The van der Waals surface area contributed by atoms with E-state index >= 15 is 0 Å². The molecular formula is C25H29Cl2NO4. The summed E-state index contributed by atoms with van der Waals surface area (Å²) >= 11 is 11.9. The number of aliphatic hydroxyl groups is 1. The molecule has 5 nitrogen and oxygen atoms in total. The first-order chi connectivity index (χ1) is 15.5. The van der Waals surface area contributed by atoms with Crippen LogP contribution in [0.5, 0.6) is 11.5 Å². The van der Waals surface area contributed by atoms with Crippen molar-refractivity contribution in [3.8, 4) is 11.5 Å². The summed E-state index contributed by atoms with van der Waals surface area (Å²) in [6.07, 6.45) is 5.30. The molecule has 2 aromatic rings. The number of carbonyl (C=O) groups excluding carboxylic acids is 1. The number of hydrogen-bond acceptors (Lipinski definition) is 4. The number of halogens is 2. The Morgan fingerprint density at radius 1 is 1.09 bits per heavy atom. The Morgan fingerprint density at radius 2 is 1.81 bits per heavy atom. The number of aliphatic hydroxyl groups excluding tert-OH is 1. The number of ether oxygens (including phenoxy) is 2. The van der Waals surface area contributed by atoms with Gasteiger partial charge in [0.1, 0.15) is 18.1 Å². The van der Waals surface area contributed by atoms with Crippen LogP contribution in [0.25, 0.3) is 0 Å². The van der Waals surface area contributed by atoms with E-state index < -0.39 is 12.2 Å². The Kier molecular flexibility index (Phi) is 7.82. The van der Waals surface area contributed by atoms with E-state index in [1.165, 1.54) is 0 Å². The number of rotatable bonds is 8. The van der Waals surface area contributed by atoms with Crippen molar-refractivity contribution in [2.24, 2.45) is 5.92 Å². The van der Waals surface area contributed by atoms with Crippen LogP contribution in [0.3, 0.4) is 0 Å². The first kappa shape index (κ1) is 23.2. The van der Waals surface area contributed by atoms with E-state index in [0.717, 1.165) is 43.4 Å². The fourth-order valence-electron chi connectivity index (χ4n) is 4.49. The third-order valence-electron chi connectivity index (χ3n) is 6.35. The molecule has 2 atom stereocenters. The van der Waals surface area contributed by atoms with E-state index in [4.69, 9.17) is 32.7 Å². The van der Waals surface area contributed by atoms with Crippen LogP contribution in [0.2, 0.25) is 10.0 Å². The molecule has 1 aliphatic carbocycles. The Morgan fingerprint density at radius 3 is 2.56 bits per heavy atom. The summed E-state index contributed by atoms with van der Waals surface area (Å²) in [6.45, 7) is 0.280. The zero-order valence-corrected chi connectivity index (χ0v) is 19.4. The monoisotopic (exact) mass is 477 g/mol. The van der Waals surface area contributed by atoms with Crippen LogP contribution in [-0.4, -0.2) is 35.9 Å². The predicted molar refractivity (Wildman–Crippen MR) is 126 cm³/mol. The SMILES string of the molecule is O=C(NC1CCC(CCC(O)COc2ccc(Cl)cc2)CC1)C1Cc2cc(Cl)ccc2O1. The maximum absolute atomic E-state index is 12.6. The van der Waals surface area contributed by atoms with Gasteiger partial charge in [0.15, 0.2) is 6.10 Å². The maximum atomic E-state index is 12.6. The van der Waals surface area contributed by atoms with E-state index in [-0.39, 0.29) is 18.6 Å². The van der Waals surface area contributed by atoms with E-state index in [1.807, 2.05) is 12.1 Å². The average Bonchev–Trinajstić information content (AvgIpc) is 3.21. The van der Waals surface area contributed by atoms with Gasteiger partial charge in [-0.15, -0.1) is 0 Å². The highest BCUT2D eigenvalue weighted by Gasteiger charge is 2.31. The van der Waals surface area contributed by atoms with E-state index in [2.05, 4.69) is 5.32 Å². The molecule has 0 saturated heterocycles. The van der Waals surface area contributed by atoms with Gasteiger partial charge in [0.25, 0.3) is 5.91 Å². The van der Waals surface area contributed by atoms with Gasteiger partial charge in [0, 0.05) is 22.5 Å². The second-order valence-corrected chi connectivity index (χ2v) is 9.66. The lowest BCUT2D eigenvalue weighted by atomic mass is 9.83. The number of fused-ring (bicyclic) bond motifs is 1. The zero-order chi connectivity index (χ0) is 22.5. The maximum Gasteiger partial charge on any atom is 0.261 e. The first-order valence-electron chi connectivity index (χ1n) is 11.3. The molecule has 1 fully saturated rings. The molecule has 1 heterocycles. The average molecular weight is 478 g/mol. The fraction of sp³-hybridized carbons (Fsp3) is 0.480. The molecule has 2 aromatic carbocycles. The molecular weight excluding hydrogens is 449 g/mol. The van der Waals surface area contributed by atoms with Crippen LogP contribution in [0.4, 0.5) is 0 Å². The van der Waals surface area contributed by atoms with Gasteiger partial charge in [-0.1, -0.05) is 23.2 Å². The summed E-state index contributed by atoms with van der Waals surface area (Å²) in [5, 5.41) is 14.7. The summed E-state index contributed by atoms with van der Waals surface area (Å²) in [5.74, 6) is 1.98. The molecule has 1 amide bonds. The second kappa shape index (κ2) is 10.8. The molecule has 172 valence electrons. The Balaban J connectivity index is 1.12. The van der Waals surface area contributed by atoms with Crippen LogP contribution in [-0.2, 0) is 11.2 Å². The zero-order valence-electron chi connectivity index (χ0n) is 17.9. The summed E-state index contributed by atoms with van der Waals surface area (Å²) < 4.78 is 11.4. The third-order valence-corrected chi connectivity index (χ3v) is 6.83. The van der Waals surface area contributed by atoms with Crippen molar-refractivity contribution in [1.29, 1.82) is 0 Å². The predicted octanol–water partition coefficient (Wildman–Crippen LogP) is 5.19. The molecule has 2 N–H and O–H groups in total. The standard InChI is InChI=1S/C25H29Cl2NO4/c26-18-4-10-22(11-5-18)31-15-21(29)9-3-16-1-7-20(8-2-16)28-25(30)24-14-17-13-19(27)6-12-23(17)32-24/h4-6,10-13,16,20-21,24,29H,1-3,7-9,14-15H2,(H,28,30). The van der Waals surface area contributed by atoms with Crippen LogP contribution in [0.15, 0.2) is 42.5 Å². The van der Waals surface area contributed by atoms with Gasteiger partial charge in [0.2, 0.25) is 0 Å². The van der Waals surface area contributed by atoms with Gasteiger partial charge in [-0.2, -0.15) is 0 Å². The molecule has 0 bridgehead atoms. The quantitative estimate of drug-likeness (QED) is 0.548. The van der Waals surface area contributed by atoms with Gasteiger partial charge in [-0.3, -0.25) is 4.79 Å². The van der Waals surface area contributed by atoms with Crippen molar-refractivity contribution in [1.82, 2.24) is 5.32 Å². The smallest absolute Gasteiger partial charge is 0.261 e. The highest BCUT2D eigenvalue weighted by molar-refractivity contribution is 6.30. The van der Waals surface area contributed by atoms with Gasteiger partial charge >= 0.3 is 0 Å². The van der Waals surface area contributed by atoms with E-state index in [1.54, 1.807) is 30.3 Å². The largest absolute Gasteiger partial charge is 0.491 e. The number of amides is 1. The molecule has 4 rings (SSSR count).